The van der Waals surface area contributed by atoms with E-state index in [1.807, 2.05) is 43.4 Å². The van der Waals surface area contributed by atoms with Crippen LogP contribution in [0.2, 0.25) is 0 Å². The van der Waals surface area contributed by atoms with E-state index in [-0.39, 0.29) is 0 Å². The van der Waals surface area contributed by atoms with Crippen LogP contribution >= 0.6 is 0 Å². The summed E-state index contributed by atoms with van der Waals surface area (Å²) < 4.78 is 4.65. The first-order valence-corrected chi connectivity index (χ1v) is 13.5. The normalized spacial score (nSPS) is 12.8. The highest BCUT2D eigenvalue weighted by Gasteiger charge is 2.19. The van der Waals surface area contributed by atoms with Crippen molar-refractivity contribution in [3.8, 4) is 22.5 Å². The number of aromatic nitrogens is 5. The monoisotopic (exact) mass is 518 g/mol. The molecule has 0 saturated heterocycles. The summed E-state index contributed by atoms with van der Waals surface area (Å²) in [6.45, 7) is 5.21. The van der Waals surface area contributed by atoms with Crippen LogP contribution in [0.1, 0.15) is 22.4 Å². The van der Waals surface area contributed by atoms with Crippen molar-refractivity contribution in [1.29, 1.82) is 0 Å². The Morgan fingerprint density at radius 3 is 1.73 bits per heavy atom. The predicted octanol–water partition coefficient (Wildman–Crippen LogP) is 7.27. The van der Waals surface area contributed by atoms with Gasteiger partial charge in [-0.2, -0.15) is 0 Å². The van der Waals surface area contributed by atoms with Crippen molar-refractivity contribution >= 4 is 38.8 Å². The van der Waals surface area contributed by atoms with Crippen LogP contribution in [0.3, 0.4) is 0 Å². The molecule has 0 fully saturated rings. The third-order valence-corrected chi connectivity index (χ3v) is 8.15. The van der Waals surface area contributed by atoms with Crippen LogP contribution < -0.4 is 5.32 Å². The van der Waals surface area contributed by atoms with Gasteiger partial charge >= 0.3 is 0 Å². The van der Waals surface area contributed by atoms with Crippen LogP contribution in [0.5, 0.6) is 0 Å². The summed E-state index contributed by atoms with van der Waals surface area (Å²) >= 11 is 0. The van der Waals surface area contributed by atoms with Crippen molar-refractivity contribution in [2.75, 3.05) is 0 Å². The second kappa shape index (κ2) is 8.64. The Kier molecular flexibility index (Phi) is 4.91. The van der Waals surface area contributed by atoms with Gasteiger partial charge in [0.05, 0.1) is 22.2 Å². The zero-order valence-corrected chi connectivity index (χ0v) is 22.3. The number of hydrogen-bond donors (Lipinski definition) is 1. The molecule has 0 spiro atoms. The molecule has 6 heterocycles. The lowest BCUT2D eigenvalue weighted by Crippen LogP contribution is -2.11. The highest BCUT2D eigenvalue weighted by atomic mass is 15.0. The lowest BCUT2D eigenvalue weighted by molar-refractivity contribution is 0.855. The summed E-state index contributed by atoms with van der Waals surface area (Å²) in [5, 5.41) is 6.77. The molecule has 2 aromatic carbocycles. The van der Waals surface area contributed by atoms with E-state index in [1.165, 1.54) is 44.4 Å². The van der Waals surface area contributed by atoms with Crippen LogP contribution in [-0.2, 0) is 6.54 Å². The molecule has 1 N–H and O–H groups in total. The Bertz CT molecular complexity index is 2090. The van der Waals surface area contributed by atoms with Crippen molar-refractivity contribution in [1.82, 2.24) is 29.4 Å². The zero-order valence-electron chi connectivity index (χ0n) is 22.3. The third-order valence-electron chi connectivity index (χ3n) is 8.15. The summed E-state index contributed by atoms with van der Waals surface area (Å²) in [5.41, 5.74) is 13.2. The number of aryl methyl sites for hydroxylation is 2. The van der Waals surface area contributed by atoms with E-state index >= 15 is 0 Å². The Morgan fingerprint density at radius 1 is 0.625 bits per heavy atom. The molecule has 0 bridgehead atoms. The van der Waals surface area contributed by atoms with Gasteiger partial charge in [0.15, 0.2) is 0 Å². The smallest absolute Gasteiger partial charge is 0.0572 e. The molecule has 0 unspecified atom stereocenters. The van der Waals surface area contributed by atoms with E-state index in [2.05, 4.69) is 104 Å². The van der Waals surface area contributed by atoms with Crippen LogP contribution in [0.25, 0.3) is 61.3 Å². The van der Waals surface area contributed by atoms with Crippen LogP contribution in [-0.4, -0.2) is 24.1 Å². The summed E-state index contributed by atoms with van der Waals surface area (Å²) in [5.74, 6) is 0. The van der Waals surface area contributed by atoms with Gasteiger partial charge in [0.2, 0.25) is 0 Å². The van der Waals surface area contributed by atoms with Crippen LogP contribution in [0, 0.1) is 13.8 Å². The van der Waals surface area contributed by atoms with Crippen LogP contribution in [0.4, 0.5) is 0 Å². The largest absolute Gasteiger partial charge is 0.387 e. The van der Waals surface area contributed by atoms with Crippen molar-refractivity contribution in [3.05, 3.63) is 120 Å². The maximum Gasteiger partial charge on any atom is 0.0572 e. The summed E-state index contributed by atoms with van der Waals surface area (Å²) in [4.78, 5) is 13.1. The highest BCUT2D eigenvalue weighted by molar-refractivity contribution is 6.08. The van der Waals surface area contributed by atoms with Crippen molar-refractivity contribution < 1.29 is 0 Å². The van der Waals surface area contributed by atoms with E-state index in [0.29, 0.717) is 0 Å². The van der Waals surface area contributed by atoms with Crippen LogP contribution in [0.15, 0.2) is 98.0 Å². The van der Waals surface area contributed by atoms with E-state index in [0.717, 1.165) is 39.7 Å². The van der Waals surface area contributed by atoms with E-state index in [1.54, 1.807) is 0 Å². The molecule has 1 aliphatic rings. The Hall–Kier alpha value is -5.23. The fourth-order valence-electron chi connectivity index (χ4n) is 6.32. The Balaban J connectivity index is 1.24. The second-order valence-corrected chi connectivity index (χ2v) is 10.4. The summed E-state index contributed by atoms with van der Waals surface area (Å²) in [6.07, 6.45) is 15.6. The molecular weight excluding hydrogens is 492 g/mol. The maximum atomic E-state index is 4.39. The molecule has 0 saturated carbocycles. The van der Waals surface area contributed by atoms with Gasteiger partial charge in [-0.25, -0.2) is 0 Å². The number of rotatable bonds is 3. The second-order valence-electron chi connectivity index (χ2n) is 10.4. The number of benzene rings is 2. The van der Waals surface area contributed by atoms with E-state index in [4.69, 9.17) is 0 Å². The number of hydrogen-bond acceptors (Lipinski definition) is 4. The number of nitrogens with zero attached hydrogens (tertiary/aromatic N) is 5. The fourth-order valence-corrected chi connectivity index (χ4v) is 6.32. The minimum atomic E-state index is 0.808. The van der Waals surface area contributed by atoms with Gasteiger partial charge in [-0.1, -0.05) is 12.1 Å². The molecule has 0 atom stereocenters. The fraction of sp³-hybridized carbons (Fsp3) is 0.0882. The molecular formula is C34H26N6. The molecule has 40 heavy (non-hydrogen) atoms. The van der Waals surface area contributed by atoms with Gasteiger partial charge in [-0.05, 0) is 90.8 Å². The number of fused-ring (bicyclic) bond motifs is 6. The first kappa shape index (κ1) is 22.7. The predicted molar refractivity (Wildman–Crippen MR) is 162 cm³/mol. The van der Waals surface area contributed by atoms with Gasteiger partial charge < -0.3 is 14.5 Å². The van der Waals surface area contributed by atoms with Gasteiger partial charge in [0, 0.05) is 76.8 Å². The van der Waals surface area contributed by atoms with Crippen molar-refractivity contribution in [2.45, 2.75) is 20.4 Å². The van der Waals surface area contributed by atoms with Gasteiger partial charge in [-0.3, -0.25) is 15.0 Å². The lowest BCUT2D eigenvalue weighted by atomic mass is 9.95. The maximum absolute atomic E-state index is 4.39. The molecule has 7 aromatic rings. The van der Waals surface area contributed by atoms with E-state index in [9.17, 15) is 0 Å². The summed E-state index contributed by atoms with van der Waals surface area (Å²) in [7, 11) is 0. The number of nitrogens with one attached hydrogen (secondary N) is 1. The molecule has 1 aliphatic heterocycles. The standard InChI is InChI=1S/C34H26N6/c1-21-15-23(39-31-7-11-35-17-27(31)28-18-36-12-8-32(28)39)3-5-25(21)26-6-4-24(16-22(26)2)40-33-9-13-37-19-29(33)30-20-38-14-10-34(30)40/h3-19,38H,20H2,1-2H3. The molecule has 6 nitrogen and oxygen atoms in total. The van der Waals surface area contributed by atoms with Gasteiger partial charge in [-0.15, -0.1) is 0 Å². The SMILES string of the molecule is Cc1cc(-n2c3c(c4cnccc42)CNC=C3)ccc1-c1ccc(-n2c3ccncc3c3cnccc32)cc1C. The van der Waals surface area contributed by atoms with Gasteiger partial charge in [0.25, 0.3) is 0 Å². The molecule has 8 rings (SSSR count). The highest BCUT2D eigenvalue weighted by Crippen LogP contribution is 2.36. The van der Waals surface area contributed by atoms with Crippen molar-refractivity contribution in [2.24, 2.45) is 0 Å². The Morgan fingerprint density at radius 2 is 1.15 bits per heavy atom. The van der Waals surface area contributed by atoms with E-state index < -0.39 is 0 Å². The first-order chi connectivity index (χ1) is 19.7. The molecule has 0 aliphatic carbocycles. The molecule has 192 valence electrons. The van der Waals surface area contributed by atoms with Crippen molar-refractivity contribution in [3.63, 3.8) is 0 Å². The molecule has 5 aromatic heterocycles. The number of pyridine rings is 3. The molecule has 6 heteroatoms. The van der Waals surface area contributed by atoms with Gasteiger partial charge in [0.1, 0.15) is 0 Å². The minimum Gasteiger partial charge on any atom is -0.387 e. The zero-order chi connectivity index (χ0) is 26.8. The third kappa shape index (κ3) is 3.26. The average Bonchev–Trinajstić information content (AvgIpc) is 3.51. The molecule has 0 amide bonds. The molecule has 0 radical (unpaired) electrons. The summed E-state index contributed by atoms with van der Waals surface area (Å²) in [6, 6.07) is 19.8. The topological polar surface area (TPSA) is 60.6 Å². The lowest BCUT2D eigenvalue weighted by Gasteiger charge is -2.16. The average molecular weight is 519 g/mol. The minimum absolute atomic E-state index is 0.808. The Labute approximate surface area is 231 Å². The first-order valence-electron chi connectivity index (χ1n) is 13.5. The quantitative estimate of drug-likeness (QED) is 0.267.